The van der Waals surface area contributed by atoms with E-state index in [2.05, 4.69) is 32.7 Å². The van der Waals surface area contributed by atoms with Gasteiger partial charge in [0, 0.05) is 6.04 Å². The van der Waals surface area contributed by atoms with E-state index < -0.39 is 5.97 Å². The van der Waals surface area contributed by atoms with Crippen molar-refractivity contribution in [1.82, 2.24) is 9.55 Å². The van der Waals surface area contributed by atoms with Gasteiger partial charge in [-0.15, -0.1) is 0 Å². The van der Waals surface area contributed by atoms with Crippen LogP contribution in [0.4, 0.5) is 5.82 Å². The van der Waals surface area contributed by atoms with Crippen LogP contribution in [-0.2, 0) is 4.74 Å². The molecule has 1 atom stereocenters. The first-order valence-corrected chi connectivity index (χ1v) is 6.21. The third kappa shape index (κ3) is 2.66. The standard InChI is InChI=1S/C13H23N3O2/c1-7-18-12(17)10-11(14)16(9(3)15-10)8(2)13(4,5)6/h8H,7,14H2,1-6H3. The number of nitrogens with two attached hydrogens (primary N) is 1. The molecule has 0 saturated heterocycles. The molecule has 2 N–H and O–H groups in total. The van der Waals surface area contributed by atoms with E-state index >= 15 is 0 Å². The van der Waals surface area contributed by atoms with Crippen LogP contribution in [0.25, 0.3) is 0 Å². The van der Waals surface area contributed by atoms with Crippen LogP contribution in [0.2, 0.25) is 0 Å². The molecule has 0 bridgehead atoms. The molecule has 0 radical (unpaired) electrons. The van der Waals surface area contributed by atoms with Crippen molar-refractivity contribution in [2.45, 2.75) is 47.6 Å². The molecule has 0 fully saturated rings. The molecule has 0 aliphatic heterocycles. The van der Waals surface area contributed by atoms with Gasteiger partial charge in [0.2, 0.25) is 0 Å². The van der Waals surface area contributed by atoms with E-state index in [4.69, 9.17) is 10.5 Å². The Hall–Kier alpha value is -1.52. The minimum atomic E-state index is -0.460. The number of anilines is 1. The predicted molar refractivity (Wildman–Crippen MR) is 71.5 cm³/mol. The van der Waals surface area contributed by atoms with Crippen molar-refractivity contribution in [3.8, 4) is 0 Å². The molecule has 1 aromatic rings. The second-order valence-electron chi connectivity index (χ2n) is 5.53. The van der Waals surface area contributed by atoms with Crippen molar-refractivity contribution < 1.29 is 9.53 Å². The summed E-state index contributed by atoms with van der Waals surface area (Å²) < 4.78 is 6.84. The zero-order valence-electron chi connectivity index (χ0n) is 12.1. The van der Waals surface area contributed by atoms with Gasteiger partial charge in [0.05, 0.1) is 6.61 Å². The van der Waals surface area contributed by atoms with Crippen LogP contribution in [0.5, 0.6) is 0 Å². The number of rotatable bonds is 3. The highest BCUT2D eigenvalue weighted by atomic mass is 16.5. The van der Waals surface area contributed by atoms with E-state index in [0.29, 0.717) is 12.4 Å². The second kappa shape index (κ2) is 5.00. The molecule has 0 amide bonds. The Bertz CT molecular complexity index is 444. The molecule has 5 nitrogen and oxygen atoms in total. The van der Waals surface area contributed by atoms with Gasteiger partial charge in [0.15, 0.2) is 5.69 Å². The fourth-order valence-electron chi connectivity index (χ4n) is 1.79. The van der Waals surface area contributed by atoms with Crippen LogP contribution in [0.15, 0.2) is 0 Å². The van der Waals surface area contributed by atoms with Crippen molar-refractivity contribution in [3.63, 3.8) is 0 Å². The van der Waals surface area contributed by atoms with E-state index in [1.54, 1.807) is 6.92 Å². The number of nitrogens with zero attached hydrogens (tertiary/aromatic N) is 2. The summed E-state index contributed by atoms with van der Waals surface area (Å²) in [5, 5.41) is 0. The Labute approximate surface area is 108 Å². The molecule has 1 aromatic heterocycles. The molecule has 0 saturated carbocycles. The maximum atomic E-state index is 11.7. The first kappa shape index (κ1) is 14.5. The van der Waals surface area contributed by atoms with Crippen molar-refractivity contribution in [2.24, 2.45) is 5.41 Å². The van der Waals surface area contributed by atoms with Gasteiger partial charge in [-0.05, 0) is 26.2 Å². The van der Waals surface area contributed by atoms with Crippen LogP contribution in [0, 0.1) is 12.3 Å². The third-order valence-electron chi connectivity index (χ3n) is 3.23. The largest absolute Gasteiger partial charge is 0.461 e. The predicted octanol–water partition coefficient (Wildman–Crippen LogP) is 2.56. The molecule has 1 heterocycles. The SMILES string of the molecule is CCOC(=O)c1nc(C)n(C(C)C(C)(C)C)c1N. The lowest BCUT2D eigenvalue weighted by Crippen LogP contribution is -2.24. The van der Waals surface area contributed by atoms with Crippen molar-refractivity contribution in [3.05, 3.63) is 11.5 Å². The molecule has 0 aromatic carbocycles. The molecule has 102 valence electrons. The maximum absolute atomic E-state index is 11.7. The summed E-state index contributed by atoms with van der Waals surface area (Å²) in [5.74, 6) is 0.657. The molecular formula is C13H23N3O2. The summed E-state index contributed by atoms with van der Waals surface area (Å²) >= 11 is 0. The van der Waals surface area contributed by atoms with E-state index in [1.807, 2.05) is 11.5 Å². The highest BCUT2D eigenvalue weighted by Crippen LogP contribution is 2.33. The molecular weight excluding hydrogens is 230 g/mol. The zero-order chi connectivity index (χ0) is 14.1. The van der Waals surface area contributed by atoms with Crippen molar-refractivity contribution in [1.29, 1.82) is 0 Å². The molecule has 1 rings (SSSR count). The molecule has 0 aliphatic rings. The van der Waals surface area contributed by atoms with Crippen LogP contribution < -0.4 is 5.73 Å². The average molecular weight is 253 g/mol. The Morgan fingerprint density at radius 1 is 1.50 bits per heavy atom. The first-order valence-electron chi connectivity index (χ1n) is 6.21. The number of aryl methyl sites for hydroxylation is 1. The molecule has 0 aliphatic carbocycles. The van der Waals surface area contributed by atoms with Gasteiger partial charge >= 0.3 is 5.97 Å². The smallest absolute Gasteiger partial charge is 0.360 e. The number of carbonyl (C=O) groups excluding carboxylic acids is 1. The van der Waals surface area contributed by atoms with Crippen LogP contribution >= 0.6 is 0 Å². The Morgan fingerprint density at radius 3 is 2.50 bits per heavy atom. The highest BCUT2D eigenvalue weighted by Gasteiger charge is 2.28. The van der Waals surface area contributed by atoms with Gasteiger partial charge < -0.3 is 15.0 Å². The van der Waals surface area contributed by atoms with Crippen molar-refractivity contribution >= 4 is 11.8 Å². The summed E-state index contributed by atoms with van der Waals surface area (Å²) in [5.41, 5.74) is 6.28. The van der Waals surface area contributed by atoms with Gasteiger partial charge in [0.1, 0.15) is 11.6 Å². The fraction of sp³-hybridized carbons (Fsp3) is 0.692. The number of carbonyl (C=O) groups is 1. The van der Waals surface area contributed by atoms with Gasteiger partial charge in [-0.25, -0.2) is 9.78 Å². The normalized spacial score (nSPS) is 13.4. The lowest BCUT2D eigenvalue weighted by Gasteiger charge is -2.30. The average Bonchev–Trinajstić information content (AvgIpc) is 2.52. The van der Waals surface area contributed by atoms with Gasteiger partial charge in [0.25, 0.3) is 0 Å². The van der Waals surface area contributed by atoms with Crippen LogP contribution in [0.3, 0.4) is 0 Å². The number of hydrogen-bond donors (Lipinski definition) is 1. The number of aromatic nitrogens is 2. The molecule has 5 heteroatoms. The minimum Gasteiger partial charge on any atom is -0.461 e. The number of nitrogen functional groups attached to an aromatic ring is 1. The quantitative estimate of drug-likeness (QED) is 0.840. The number of ether oxygens (including phenoxy) is 1. The lowest BCUT2D eigenvalue weighted by atomic mass is 9.88. The van der Waals surface area contributed by atoms with E-state index in [-0.39, 0.29) is 17.2 Å². The van der Waals surface area contributed by atoms with E-state index in [0.717, 1.165) is 5.82 Å². The Balaban J connectivity index is 3.20. The number of imidazole rings is 1. The monoisotopic (exact) mass is 253 g/mol. The topological polar surface area (TPSA) is 70.1 Å². The summed E-state index contributed by atoms with van der Waals surface area (Å²) in [6.45, 7) is 12.4. The highest BCUT2D eigenvalue weighted by molar-refractivity contribution is 5.92. The first-order chi connectivity index (χ1) is 8.20. The Kier molecular flexibility index (Phi) is 4.04. The number of hydrogen-bond acceptors (Lipinski definition) is 4. The van der Waals surface area contributed by atoms with Gasteiger partial charge in [-0.2, -0.15) is 0 Å². The molecule has 0 spiro atoms. The maximum Gasteiger partial charge on any atom is 0.360 e. The fourth-order valence-corrected chi connectivity index (χ4v) is 1.79. The van der Waals surface area contributed by atoms with Gasteiger partial charge in [-0.1, -0.05) is 20.8 Å². The summed E-state index contributed by atoms with van der Waals surface area (Å²) in [7, 11) is 0. The molecule has 1 unspecified atom stereocenters. The van der Waals surface area contributed by atoms with E-state index in [1.165, 1.54) is 0 Å². The molecule has 18 heavy (non-hydrogen) atoms. The zero-order valence-corrected chi connectivity index (χ0v) is 12.1. The third-order valence-corrected chi connectivity index (χ3v) is 3.23. The minimum absolute atomic E-state index is 0.0332. The van der Waals surface area contributed by atoms with Crippen LogP contribution in [-0.4, -0.2) is 22.1 Å². The number of esters is 1. The lowest BCUT2D eigenvalue weighted by molar-refractivity contribution is 0.0521. The van der Waals surface area contributed by atoms with E-state index in [9.17, 15) is 4.79 Å². The van der Waals surface area contributed by atoms with Crippen molar-refractivity contribution in [2.75, 3.05) is 12.3 Å². The summed E-state index contributed by atoms with van der Waals surface area (Å²) in [4.78, 5) is 16.0. The van der Waals surface area contributed by atoms with Crippen LogP contribution in [0.1, 0.15) is 57.0 Å². The summed E-state index contributed by atoms with van der Waals surface area (Å²) in [6, 6.07) is 0.146. The summed E-state index contributed by atoms with van der Waals surface area (Å²) in [6.07, 6.45) is 0. The van der Waals surface area contributed by atoms with Gasteiger partial charge in [-0.3, -0.25) is 0 Å². The second-order valence-corrected chi connectivity index (χ2v) is 5.53. The Morgan fingerprint density at radius 2 is 2.06 bits per heavy atom.